The molecule has 3 heteroatoms. The summed E-state index contributed by atoms with van der Waals surface area (Å²) >= 11 is 1.86. The van der Waals surface area contributed by atoms with E-state index in [-0.39, 0.29) is 0 Å². The van der Waals surface area contributed by atoms with Crippen LogP contribution >= 0.6 is 11.3 Å². The molecule has 0 atom stereocenters. The molecule has 0 N–H and O–H groups in total. The molecule has 11 rings (SSSR count). The number of aromatic nitrogens is 1. The van der Waals surface area contributed by atoms with Gasteiger partial charge in [-0.05, 0) is 106 Å². The third kappa shape index (κ3) is 5.80. The zero-order valence-electron chi connectivity index (χ0n) is 31.1. The maximum absolute atomic E-state index is 2.40. The second-order valence-electron chi connectivity index (χ2n) is 14.5. The van der Waals surface area contributed by atoms with Crippen LogP contribution in [0.3, 0.4) is 0 Å². The Morgan fingerprint density at radius 3 is 1.61 bits per heavy atom. The molecule has 57 heavy (non-hydrogen) atoms. The quantitative estimate of drug-likeness (QED) is 0.158. The molecule has 0 spiro atoms. The van der Waals surface area contributed by atoms with Crippen LogP contribution in [0, 0.1) is 0 Å². The van der Waals surface area contributed by atoms with Crippen LogP contribution in [0.25, 0.3) is 81.0 Å². The Morgan fingerprint density at radius 2 is 0.895 bits per heavy atom. The van der Waals surface area contributed by atoms with Crippen molar-refractivity contribution in [2.75, 3.05) is 4.90 Å². The molecular weight excluding hydrogens is 709 g/mol. The summed E-state index contributed by atoms with van der Waals surface area (Å²) in [6.07, 6.45) is 0. The lowest BCUT2D eigenvalue weighted by atomic mass is 9.99. The van der Waals surface area contributed by atoms with E-state index in [0.29, 0.717) is 0 Å². The Hall–Kier alpha value is -7.20. The summed E-state index contributed by atoms with van der Waals surface area (Å²) in [6.45, 7) is 0. The highest BCUT2D eigenvalue weighted by Crippen LogP contribution is 2.44. The predicted octanol–water partition coefficient (Wildman–Crippen LogP) is 15.6. The summed E-state index contributed by atoms with van der Waals surface area (Å²) in [6, 6.07) is 79.4. The fourth-order valence-electron chi connectivity index (χ4n) is 8.50. The number of anilines is 3. The molecule has 2 heterocycles. The van der Waals surface area contributed by atoms with Crippen LogP contribution in [0.5, 0.6) is 0 Å². The highest BCUT2D eigenvalue weighted by atomic mass is 32.1. The van der Waals surface area contributed by atoms with Crippen LogP contribution in [0.4, 0.5) is 17.1 Å². The van der Waals surface area contributed by atoms with Gasteiger partial charge in [0, 0.05) is 53.7 Å². The average molecular weight is 745 g/mol. The molecule has 0 saturated carbocycles. The fraction of sp³-hybridized carbons (Fsp3) is 0. The molecule has 0 amide bonds. The third-order valence-corrected chi connectivity index (χ3v) is 12.3. The van der Waals surface area contributed by atoms with E-state index in [4.69, 9.17) is 0 Å². The van der Waals surface area contributed by atoms with Crippen molar-refractivity contribution in [3.8, 4) is 39.1 Å². The highest BCUT2D eigenvalue weighted by Gasteiger charge is 2.20. The molecule has 0 bridgehead atoms. The first-order valence-corrected chi connectivity index (χ1v) is 20.2. The first kappa shape index (κ1) is 33.2. The van der Waals surface area contributed by atoms with Crippen molar-refractivity contribution in [1.82, 2.24) is 4.57 Å². The van der Waals surface area contributed by atoms with Crippen LogP contribution < -0.4 is 4.90 Å². The lowest BCUT2D eigenvalue weighted by Crippen LogP contribution is -2.10. The van der Waals surface area contributed by atoms with Gasteiger partial charge in [-0.2, -0.15) is 0 Å². The highest BCUT2D eigenvalue weighted by molar-refractivity contribution is 7.25. The minimum Gasteiger partial charge on any atom is -0.310 e. The lowest BCUT2D eigenvalue weighted by molar-refractivity contribution is 1.18. The molecule has 9 aromatic carbocycles. The molecule has 0 fully saturated rings. The summed E-state index contributed by atoms with van der Waals surface area (Å²) in [4.78, 5) is 2.39. The van der Waals surface area contributed by atoms with Crippen LogP contribution in [0.15, 0.2) is 218 Å². The van der Waals surface area contributed by atoms with Crippen LogP contribution in [0.1, 0.15) is 0 Å². The van der Waals surface area contributed by atoms with Gasteiger partial charge in [0.05, 0.1) is 11.0 Å². The maximum atomic E-state index is 2.40. The van der Waals surface area contributed by atoms with Gasteiger partial charge in [0.2, 0.25) is 0 Å². The van der Waals surface area contributed by atoms with E-state index in [1.807, 2.05) is 11.3 Å². The molecule has 0 aliphatic carbocycles. The van der Waals surface area contributed by atoms with Crippen LogP contribution in [-0.2, 0) is 0 Å². The van der Waals surface area contributed by atoms with Gasteiger partial charge in [0.1, 0.15) is 0 Å². The van der Waals surface area contributed by atoms with Gasteiger partial charge < -0.3 is 9.47 Å². The van der Waals surface area contributed by atoms with E-state index in [1.54, 1.807) is 0 Å². The first-order chi connectivity index (χ1) is 28.3. The standard InChI is InChI=1S/C54H36N2S/c1-4-13-37(14-5-1)38-23-28-43(29-24-38)55(44-30-25-39(26-31-44)41-27-33-48-47-19-10-11-22-52(47)57-53(48)35-41)45-32-34-50-49(36-45)54-46(40-15-6-2-7-16-40)20-12-21-51(54)56(50)42-17-8-3-9-18-42/h1-36H. The van der Waals surface area contributed by atoms with E-state index < -0.39 is 0 Å². The number of hydrogen-bond donors (Lipinski definition) is 0. The zero-order chi connectivity index (χ0) is 37.7. The first-order valence-electron chi connectivity index (χ1n) is 19.4. The van der Waals surface area contributed by atoms with Crippen LogP contribution in [0.2, 0.25) is 0 Å². The molecule has 11 aromatic rings. The molecule has 0 aliphatic heterocycles. The zero-order valence-corrected chi connectivity index (χ0v) is 31.9. The van der Waals surface area contributed by atoms with Gasteiger partial charge in [-0.3, -0.25) is 0 Å². The Balaban J connectivity index is 1.08. The third-order valence-electron chi connectivity index (χ3n) is 11.2. The number of rotatable bonds is 7. The van der Waals surface area contributed by atoms with E-state index in [9.17, 15) is 0 Å². The normalized spacial score (nSPS) is 11.5. The molecule has 2 aromatic heterocycles. The van der Waals surface area contributed by atoms with E-state index in [0.717, 1.165) is 22.7 Å². The molecule has 0 aliphatic rings. The summed E-state index contributed by atoms with van der Waals surface area (Å²) in [5, 5.41) is 5.11. The Kier molecular flexibility index (Phi) is 8.04. The van der Waals surface area contributed by atoms with Crippen LogP contribution in [-0.4, -0.2) is 4.57 Å². The Labute approximate surface area is 335 Å². The number of para-hydroxylation sites is 1. The number of benzene rings is 9. The van der Waals surface area contributed by atoms with Crippen molar-refractivity contribution < 1.29 is 0 Å². The smallest absolute Gasteiger partial charge is 0.0547 e. The molecule has 268 valence electrons. The Morgan fingerprint density at radius 1 is 0.333 bits per heavy atom. The average Bonchev–Trinajstić information content (AvgIpc) is 3.83. The minimum absolute atomic E-state index is 1.10. The Bertz CT molecular complexity index is 3200. The van der Waals surface area contributed by atoms with E-state index >= 15 is 0 Å². The van der Waals surface area contributed by atoms with E-state index in [2.05, 4.69) is 228 Å². The fourth-order valence-corrected chi connectivity index (χ4v) is 9.65. The molecular formula is C54H36N2S. The summed E-state index contributed by atoms with van der Waals surface area (Å²) in [7, 11) is 0. The molecule has 0 unspecified atom stereocenters. The predicted molar refractivity (Wildman–Crippen MR) is 245 cm³/mol. The maximum Gasteiger partial charge on any atom is 0.0547 e. The summed E-state index contributed by atoms with van der Waals surface area (Å²) < 4.78 is 5.05. The van der Waals surface area contributed by atoms with Crippen molar-refractivity contribution in [2.24, 2.45) is 0 Å². The summed E-state index contributed by atoms with van der Waals surface area (Å²) in [5.74, 6) is 0. The molecule has 0 saturated heterocycles. The molecule has 0 radical (unpaired) electrons. The number of hydrogen-bond acceptors (Lipinski definition) is 2. The topological polar surface area (TPSA) is 8.17 Å². The molecule has 2 nitrogen and oxygen atoms in total. The minimum atomic E-state index is 1.10. The largest absolute Gasteiger partial charge is 0.310 e. The van der Waals surface area contributed by atoms with Gasteiger partial charge in [0.15, 0.2) is 0 Å². The van der Waals surface area contributed by atoms with Crippen molar-refractivity contribution in [3.63, 3.8) is 0 Å². The second kappa shape index (κ2) is 13.8. The van der Waals surface area contributed by atoms with E-state index in [1.165, 1.54) is 75.4 Å². The van der Waals surface area contributed by atoms with Crippen molar-refractivity contribution >= 4 is 70.4 Å². The van der Waals surface area contributed by atoms with Crippen molar-refractivity contribution in [1.29, 1.82) is 0 Å². The monoisotopic (exact) mass is 744 g/mol. The number of thiophene rings is 1. The van der Waals surface area contributed by atoms with Gasteiger partial charge >= 0.3 is 0 Å². The number of nitrogens with zero attached hydrogens (tertiary/aromatic N) is 2. The number of fused-ring (bicyclic) bond motifs is 6. The van der Waals surface area contributed by atoms with Gasteiger partial charge in [-0.1, -0.05) is 146 Å². The summed E-state index contributed by atoms with van der Waals surface area (Å²) in [5.41, 5.74) is 14.1. The van der Waals surface area contributed by atoms with Crippen molar-refractivity contribution in [2.45, 2.75) is 0 Å². The van der Waals surface area contributed by atoms with Gasteiger partial charge in [-0.25, -0.2) is 0 Å². The van der Waals surface area contributed by atoms with Crippen molar-refractivity contribution in [3.05, 3.63) is 218 Å². The second-order valence-corrected chi connectivity index (χ2v) is 15.6. The van der Waals surface area contributed by atoms with Gasteiger partial charge in [-0.15, -0.1) is 11.3 Å². The van der Waals surface area contributed by atoms with Gasteiger partial charge in [0.25, 0.3) is 0 Å². The SMILES string of the molecule is c1ccc(-c2ccc(N(c3ccc(-c4ccc5c(c4)sc4ccccc45)cc3)c3ccc4c(c3)c3c(-c5ccccc5)cccc3n4-c3ccccc3)cc2)cc1. The lowest BCUT2D eigenvalue weighted by Gasteiger charge is -2.26.